The van der Waals surface area contributed by atoms with Crippen LogP contribution in [0.3, 0.4) is 0 Å². The maximum Gasteiger partial charge on any atom is 0.142 e. The van der Waals surface area contributed by atoms with E-state index in [0.717, 1.165) is 73.7 Å². The third-order valence-electron chi connectivity index (χ3n) is 11.8. The minimum atomic E-state index is -0.217. The first kappa shape index (κ1) is 36.6. The first-order valence-corrected chi connectivity index (χ1v) is 21.3. The van der Waals surface area contributed by atoms with Crippen LogP contribution in [0.5, 0.6) is 0 Å². The minimum Gasteiger partial charge on any atom is -0.310 e. The Balaban J connectivity index is 1.17. The Labute approximate surface area is 360 Å². The molecule has 0 bridgehead atoms. The van der Waals surface area contributed by atoms with Gasteiger partial charge in [0, 0.05) is 63.5 Å². The zero-order valence-corrected chi connectivity index (χ0v) is 34.5. The molecule has 0 aliphatic carbocycles. The van der Waals surface area contributed by atoms with Crippen molar-refractivity contribution in [2.75, 3.05) is 14.7 Å². The van der Waals surface area contributed by atoms with Crippen molar-refractivity contribution in [3.05, 3.63) is 218 Å². The van der Waals surface area contributed by atoms with E-state index >= 15 is 0 Å². The quantitative estimate of drug-likeness (QED) is 0.159. The van der Waals surface area contributed by atoms with Gasteiger partial charge in [-0.3, -0.25) is 19.8 Å². The molecule has 0 atom stereocenters. The molecule has 0 saturated heterocycles. The minimum absolute atomic E-state index is 0.217. The molecular formula is C54H40N6S. The molecule has 61 heavy (non-hydrogen) atoms. The van der Waals surface area contributed by atoms with E-state index < -0.39 is 0 Å². The fourth-order valence-electron chi connectivity index (χ4n) is 8.86. The summed E-state index contributed by atoms with van der Waals surface area (Å²) >= 11 is 1.80. The number of anilines is 9. The number of aromatic nitrogens is 3. The predicted molar refractivity (Wildman–Crippen MR) is 251 cm³/mol. The Hall–Kier alpha value is -7.48. The average Bonchev–Trinajstić information content (AvgIpc) is 3.32. The smallest absolute Gasteiger partial charge is 0.142 e. The summed E-state index contributed by atoms with van der Waals surface area (Å²) in [6, 6.07) is 65.1. The van der Waals surface area contributed by atoms with Crippen molar-refractivity contribution >= 4 is 63.2 Å². The van der Waals surface area contributed by atoms with E-state index in [-0.39, 0.29) is 5.41 Å². The number of hydrogen-bond donors (Lipinski definition) is 0. The molecule has 3 aromatic heterocycles. The summed E-state index contributed by atoms with van der Waals surface area (Å²) in [4.78, 5) is 23.6. The monoisotopic (exact) mass is 804 g/mol. The lowest BCUT2D eigenvalue weighted by Gasteiger charge is -2.42. The predicted octanol–water partition coefficient (Wildman–Crippen LogP) is 14.7. The first-order chi connectivity index (χ1) is 30.0. The van der Waals surface area contributed by atoms with Crippen molar-refractivity contribution < 1.29 is 0 Å². The van der Waals surface area contributed by atoms with Crippen LogP contribution in [0.25, 0.3) is 22.3 Å². The van der Waals surface area contributed by atoms with Crippen LogP contribution in [0.4, 0.5) is 51.4 Å². The van der Waals surface area contributed by atoms with Crippen LogP contribution in [0.15, 0.2) is 217 Å². The molecule has 11 rings (SSSR count). The van der Waals surface area contributed by atoms with Gasteiger partial charge in [-0.25, -0.2) is 4.98 Å². The molecule has 0 saturated carbocycles. The molecule has 0 spiro atoms. The standard InChI is InChI=1S/C54H40N6S/c1-54(2)44-11-3-5-13-46(44)59(47-14-6-4-12-45(47)54)52-35-43(36-53(57-52)60-48-15-7-9-17-50(48)61-51-18-10-8-16-49(51)60)58(41-23-19-37(20-24-41)39-27-31-55-32-28-39)42-25-21-38(22-26-42)40-29-33-56-34-30-40/h3-36H,1-2H3. The molecule has 6 nitrogen and oxygen atoms in total. The highest BCUT2D eigenvalue weighted by Crippen LogP contribution is 2.55. The molecular weight excluding hydrogens is 765 g/mol. The topological polar surface area (TPSA) is 48.4 Å². The summed E-state index contributed by atoms with van der Waals surface area (Å²) < 4.78 is 0. The van der Waals surface area contributed by atoms with Crippen LogP contribution in [-0.4, -0.2) is 15.0 Å². The largest absolute Gasteiger partial charge is 0.310 e. The zero-order valence-electron chi connectivity index (χ0n) is 33.7. The molecule has 2 aliphatic heterocycles. The average molecular weight is 805 g/mol. The van der Waals surface area contributed by atoms with Gasteiger partial charge in [0.25, 0.3) is 0 Å². The molecule has 7 heteroatoms. The molecule has 6 aromatic carbocycles. The Kier molecular flexibility index (Phi) is 8.98. The van der Waals surface area contributed by atoms with E-state index in [1.807, 2.05) is 49.1 Å². The third kappa shape index (κ3) is 6.42. The maximum atomic E-state index is 5.71. The Morgan fingerprint density at radius 2 is 0.787 bits per heavy atom. The molecule has 9 aromatic rings. The first-order valence-electron chi connectivity index (χ1n) is 20.5. The third-order valence-corrected chi connectivity index (χ3v) is 13.0. The number of benzene rings is 6. The second-order valence-electron chi connectivity index (χ2n) is 15.8. The van der Waals surface area contributed by atoms with Crippen molar-refractivity contribution in [1.82, 2.24) is 15.0 Å². The Morgan fingerprint density at radius 1 is 0.410 bits per heavy atom. The van der Waals surface area contributed by atoms with Gasteiger partial charge in [-0.2, -0.15) is 0 Å². The number of para-hydroxylation sites is 4. The summed E-state index contributed by atoms with van der Waals surface area (Å²) in [5.41, 5.74) is 14.2. The number of hydrogen-bond acceptors (Lipinski definition) is 7. The van der Waals surface area contributed by atoms with Gasteiger partial charge in [0.15, 0.2) is 0 Å². The molecule has 0 unspecified atom stereocenters. The van der Waals surface area contributed by atoms with Crippen molar-refractivity contribution in [3.8, 4) is 22.3 Å². The van der Waals surface area contributed by atoms with Crippen LogP contribution >= 0.6 is 11.8 Å². The van der Waals surface area contributed by atoms with Crippen LogP contribution in [0.2, 0.25) is 0 Å². The normalized spacial score (nSPS) is 13.4. The lowest BCUT2D eigenvalue weighted by atomic mass is 9.73. The van der Waals surface area contributed by atoms with Crippen molar-refractivity contribution in [2.24, 2.45) is 0 Å². The lowest BCUT2D eigenvalue weighted by Crippen LogP contribution is -2.31. The second kappa shape index (κ2) is 15.0. The number of rotatable bonds is 7. The highest BCUT2D eigenvalue weighted by Gasteiger charge is 2.38. The Morgan fingerprint density at radius 3 is 1.25 bits per heavy atom. The number of fused-ring (bicyclic) bond motifs is 4. The van der Waals surface area contributed by atoms with Crippen LogP contribution < -0.4 is 14.7 Å². The van der Waals surface area contributed by atoms with Crippen molar-refractivity contribution in [1.29, 1.82) is 0 Å². The van der Waals surface area contributed by atoms with Gasteiger partial charge in [0.1, 0.15) is 11.6 Å². The van der Waals surface area contributed by atoms with Gasteiger partial charge >= 0.3 is 0 Å². The van der Waals surface area contributed by atoms with Gasteiger partial charge in [-0.1, -0.05) is 111 Å². The highest BCUT2D eigenvalue weighted by atomic mass is 32.2. The van der Waals surface area contributed by atoms with Crippen LogP contribution in [-0.2, 0) is 5.41 Å². The Bertz CT molecular complexity index is 2860. The van der Waals surface area contributed by atoms with Gasteiger partial charge in [0.05, 0.1) is 28.4 Å². The molecule has 0 radical (unpaired) electrons. The molecule has 292 valence electrons. The van der Waals surface area contributed by atoms with Gasteiger partial charge in [-0.05, 0) is 118 Å². The van der Waals surface area contributed by atoms with E-state index in [1.165, 1.54) is 20.9 Å². The second-order valence-corrected chi connectivity index (χ2v) is 16.9. The van der Waals surface area contributed by atoms with Gasteiger partial charge in [-0.15, -0.1) is 0 Å². The van der Waals surface area contributed by atoms with E-state index in [2.05, 4.69) is 196 Å². The number of nitrogens with zero attached hydrogens (tertiary/aromatic N) is 6. The molecule has 0 fully saturated rings. The summed E-state index contributed by atoms with van der Waals surface area (Å²) in [7, 11) is 0. The van der Waals surface area contributed by atoms with Gasteiger partial charge < -0.3 is 4.90 Å². The van der Waals surface area contributed by atoms with Crippen LogP contribution in [0.1, 0.15) is 25.0 Å². The van der Waals surface area contributed by atoms with E-state index in [1.54, 1.807) is 11.8 Å². The number of pyridine rings is 3. The van der Waals surface area contributed by atoms with E-state index in [9.17, 15) is 0 Å². The SMILES string of the molecule is CC1(C)c2ccccc2N(c2cc(N(c3ccc(-c4ccncc4)cc3)c3ccc(-c4ccncc4)cc3)cc(N3c4ccccc4Sc4ccccc43)n2)c2ccccc21. The zero-order chi connectivity index (χ0) is 40.9. The van der Waals surface area contributed by atoms with Gasteiger partial charge in [0.2, 0.25) is 0 Å². The fraction of sp³-hybridized carbons (Fsp3) is 0.0556. The molecule has 0 amide bonds. The summed E-state index contributed by atoms with van der Waals surface area (Å²) in [5, 5.41) is 0. The highest BCUT2D eigenvalue weighted by molar-refractivity contribution is 7.99. The van der Waals surface area contributed by atoms with Crippen molar-refractivity contribution in [2.45, 2.75) is 29.1 Å². The van der Waals surface area contributed by atoms with E-state index in [0.29, 0.717) is 0 Å². The van der Waals surface area contributed by atoms with Crippen molar-refractivity contribution in [3.63, 3.8) is 0 Å². The van der Waals surface area contributed by atoms with E-state index in [4.69, 9.17) is 4.98 Å². The molecule has 0 N–H and O–H groups in total. The fourth-order valence-corrected chi connectivity index (χ4v) is 9.91. The van der Waals surface area contributed by atoms with Crippen LogP contribution in [0, 0.1) is 0 Å². The molecule has 2 aliphatic rings. The maximum absolute atomic E-state index is 5.71. The molecule has 5 heterocycles. The summed E-state index contributed by atoms with van der Waals surface area (Å²) in [6.45, 7) is 4.65. The summed E-state index contributed by atoms with van der Waals surface area (Å²) in [5.74, 6) is 1.64. The summed E-state index contributed by atoms with van der Waals surface area (Å²) in [6.07, 6.45) is 7.36. The lowest BCUT2D eigenvalue weighted by molar-refractivity contribution is 0.631.